The van der Waals surface area contributed by atoms with E-state index in [0.29, 0.717) is 24.7 Å². The van der Waals surface area contributed by atoms with Crippen LogP contribution in [0.3, 0.4) is 0 Å². The summed E-state index contributed by atoms with van der Waals surface area (Å²) < 4.78 is 11.4. The molecule has 2 aliphatic heterocycles. The number of carbonyl (C=O) groups is 1. The van der Waals surface area contributed by atoms with Crippen LogP contribution in [0.1, 0.15) is 36.0 Å². The van der Waals surface area contributed by atoms with Crippen molar-refractivity contribution < 1.29 is 14.1 Å². The summed E-state index contributed by atoms with van der Waals surface area (Å²) in [4.78, 5) is 19.0. The Labute approximate surface area is 144 Å². The summed E-state index contributed by atoms with van der Waals surface area (Å²) in [5, 5.41) is 7.98. The first kappa shape index (κ1) is 15.8. The van der Waals surface area contributed by atoms with E-state index in [9.17, 15) is 4.79 Å². The summed E-state index contributed by atoms with van der Waals surface area (Å²) in [6.45, 7) is 4.02. The van der Waals surface area contributed by atoms with Gasteiger partial charge < -0.3 is 14.2 Å². The number of nitrogens with zero attached hydrogens (tertiary/aromatic N) is 3. The topological polar surface area (TPSA) is 68.5 Å². The molecule has 2 saturated heterocycles. The van der Waals surface area contributed by atoms with Gasteiger partial charge in [-0.25, -0.2) is 0 Å². The highest BCUT2D eigenvalue weighted by Gasteiger charge is 2.42. The zero-order valence-electron chi connectivity index (χ0n) is 13.7. The van der Waals surface area contributed by atoms with Gasteiger partial charge in [-0.05, 0) is 42.2 Å². The summed E-state index contributed by atoms with van der Waals surface area (Å²) >= 11 is 1.63. The Hall–Kier alpha value is -1.73. The second-order valence-corrected chi connectivity index (χ2v) is 7.36. The molecule has 128 valence electrons. The van der Waals surface area contributed by atoms with E-state index >= 15 is 0 Å². The molecular formula is C17H21N3O3S. The summed E-state index contributed by atoms with van der Waals surface area (Å²) in [6, 6.07) is 2.02. The molecule has 24 heavy (non-hydrogen) atoms. The van der Waals surface area contributed by atoms with Crippen molar-refractivity contribution in [1.82, 2.24) is 15.0 Å². The molecule has 0 unspecified atom stereocenters. The van der Waals surface area contributed by atoms with Crippen LogP contribution in [0.2, 0.25) is 0 Å². The van der Waals surface area contributed by atoms with Gasteiger partial charge in [0.2, 0.25) is 11.8 Å². The van der Waals surface area contributed by atoms with E-state index in [4.69, 9.17) is 9.26 Å². The van der Waals surface area contributed by atoms with E-state index in [1.807, 2.05) is 28.7 Å². The van der Waals surface area contributed by atoms with Crippen molar-refractivity contribution in [3.63, 3.8) is 0 Å². The Morgan fingerprint density at radius 1 is 1.46 bits per heavy atom. The van der Waals surface area contributed by atoms with Crippen molar-refractivity contribution in [2.24, 2.45) is 5.92 Å². The molecule has 2 aliphatic rings. The normalized spacial score (nSPS) is 27.0. The number of hydrogen-bond donors (Lipinski definition) is 0. The Bertz CT molecular complexity index is 700. The van der Waals surface area contributed by atoms with Crippen LogP contribution in [0.15, 0.2) is 21.3 Å². The Morgan fingerprint density at radius 3 is 3.12 bits per heavy atom. The Morgan fingerprint density at radius 2 is 2.38 bits per heavy atom. The number of hydrogen-bond acceptors (Lipinski definition) is 6. The van der Waals surface area contributed by atoms with Gasteiger partial charge in [0.05, 0.1) is 12.5 Å². The van der Waals surface area contributed by atoms with E-state index in [0.717, 1.165) is 31.6 Å². The molecule has 2 fully saturated rings. The predicted molar refractivity (Wildman–Crippen MR) is 88.8 cm³/mol. The van der Waals surface area contributed by atoms with Crippen molar-refractivity contribution in [3.8, 4) is 0 Å². The molecule has 0 aromatic carbocycles. The number of aryl methyl sites for hydroxylation is 1. The minimum absolute atomic E-state index is 0.182. The highest BCUT2D eigenvalue weighted by atomic mass is 32.1. The zero-order valence-corrected chi connectivity index (χ0v) is 14.5. The molecule has 1 amide bonds. The fraction of sp³-hybridized carbons (Fsp3) is 0.588. The average Bonchev–Trinajstić information content (AvgIpc) is 3.25. The van der Waals surface area contributed by atoms with Crippen molar-refractivity contribution in [2.45, 2.75) is 38.2 Å². The number of amides is 1. The lowest BCUT2D eigenvalue weighted by Gasteiger charge is -2.44. The molecule has 0 saturated carbocycles. The molecule has 0 aliphatic carbocycles. The lowest BCUT2D eigenvalue weighted by Crippen LogP contribution is -2.51. The fourth-order valence-corrected chi connectivity index (χ4v) is 4.46. The lowest BCUT2D eigenvalue weighted by molar-refractivity contribution is -0.139. The average molecular weight is 347 g/mol. The van der Waals surface area contributed by atoms with Crippen LogP contribution in [-0.2, 0) is 16.0 Å². The number of ether oxygens (including phenoxy) is 1. The molecule has 2 aromatic heterocycles. The molecule has 0 spiro atoms. The van der Waals surface area contributed by atoms with Gasteiger partial charge in [-0.2, -0.15) is 16.3 Å². The molecule has 7 heteroatoms. The SMILES string of the molecule is Cc1noc([C@@H]2CCO[C@@H]3CCN(C(=O)Cc4ccsc4)C[C@@H]32)n1. The standard InChI is InChI=1S/C17H21N3O3S/c1-11-18-17(23-19-11)13-3-6-22-15-2-5-20(9-14(13)15)16(21)8-12-4-7-24-10-12/h4,7,10,13-15H,2-3,5-6,8-9H2,1H3/t13-,14-,15-/m1/s1. The van der Waals surface area contributed by atoms with Gasteiger partial charge in [-0.1, -0.05) is 5.16 Å². The lowest BCUT2D eigenvalue weighted by atomic mass is 9.79. The third-order valence-corrected chi connectivity index (χ3v) is 5.75. The van der Waals surface area contributed by atoms with Gasteiger partial charge in [0.1, 0.15) is 0 Å². The number of aromatic nitrogens is 2. The van der Waals surface area contributed by atoms with Crippen molar-refractivity contribution >= 4 is 17.2 Å². The van der Waals surface area contributed by atoms with Crippen LogP contribution < -0.4 is 0 Å². The molecule has 0 radical (unpaired) electrons. The highest BCUT2D eigenvalue weighted by molar-refractivity contribution is 7.07. The largest absolute Gasteiger partial charge is 0.378 e. The second-order valence-electron chi connectivity index (χ2n) is 6.58. The zero-order chi connectivity index (χ0) is 16.5. The van der Waals surface area contributed by atoms with Crippen molar-refractivity contribution in [2.75, 3.05) is 19.7 Å². The Balaban J connectivity index is 1.48. The summed E-state index contributed by atoms with van der Waals surface area (Å²) in [5.41, 5.74) is 1.09. The van der Waals surface area contributed by atoms with Crippen LogP contribution in [0.25, 0.3) is 0 Å². The van der Waals surface area contributed by atoms with Gasteiger partial charge in [0.15, 0.2) is 5.82 Å². The van der Waals surface area contributed by atoms with Crippen molar-refractivity contribution in [3.05, 3.63) is 34.1 Å². The quantitative estimate of drug-likeness (QED) is 0.853. The summed E-state index contributed by atoms with van der Waals surface area (Å²) in [6.07, 6.45) is 2.41. The molecule has 4 heterocycles. The number of carbonyl (C=O) groups excluding carboxylic acids is 1. The number of piperidine rings is 1. The minimum atomic E-state index is 0.182. The molecule has 0 bridgehead atoms. The molecule has 6 nitrogen and oxygen atoms in total. The second kappa shape index (κ2) is 6.64. The maximum absolute atomic E-state index is 12.6. The van der Waals surface area contributed by atoms with Gasteiger partial charge in [0, 0.05) is 31.5 Å². The van der Waals surface area contributed by atoms with Gasteiger partial charge >= 0.3 is 0 Å². The van der Waals surface area contributed by atoms with Crippen LogP contribution in [0.5, 0.6) is 0 Å². The highest BCUT2D eigenvalue weighted by Crippen LogP contribution is 2.38. The van der Waals surface area contributed by atoms with E-state index in [-0.39, 0.29) is 23.8 Å². The maximum atomic E-state index is 12.6. The summed E-state index contributed by atoms with van der Waals surface area (Å²) in [5.74, 6) is 1.96. The van der Waals surface area contributed by atoms with E-state index < -0.39 is 0 Å². The monoisotopic (exact) mass is 347 g/mol. The van der Waals surface area contributed by atoms with E-state index in [2.05, 4.69) is 10.1 Å². The van der Waals surface area contributed by atoms with Gasteiger partial charge in [0.25, 0.3) is 0 Å². The van der Waals surface area contributed by atoms with Gasteiger partial charge in [-0.3, -0.25) is 4.79 Å². The van der Waals surface area contributed by atoms with Crippen molar-refractivity contribution in [1.29, 1.82) is 0 Å². The number of fused-ring (bicyclic) bond motifs is 1. The van der Waals surface area contributed by atoms with Crippen LogP contribution >= 0.6 is 11.3 Å². The fourth-order valence-electron chi connectivity index (χ4n) is 3.79. The first-order valence-corrected chi connectivity index (χ1v) is 9.35. The number of thiophene rings is 1. The predicted octanol–water partition coefficient (Wildman–Crippen LogP) is 2.40. The van der Waals surface area contributed by atoms with Crippen LogP contribution in [0.4, 0.5) is 0 Å². The summed E-state index contributed by atoms with van der Waals surface area (Å²) in [7, 11) is 0. The first-order chi connectivity index (χ1) is 11.7. The van der Waals surface area contributed by atoms with Gasteiger partial charge in [-0.15, -0.1) is 0 Å². The third-order valence-electron chi connectivity index (χ3n) is 5.02. The maximum Gasteiger partial charge on any atom is 0.230 e. The first-order valence-electron chi connectivity index (χ1n) is 8.41. The van der Waals surface area contributed by atoms with E-state index in [1.54, 1.807) is 11.3 Å². The molecule has 3 atom stereocenters. The molecule has 4 rings (SSSR count). The minimum Gasteiger partial charge on any atom is -0.378 e. The third kappa shape index (κ3) is 3.10. The van der Waals surface area contributed by atoms with Crippen LogP contribution in [0, 0.1) is 12.8 Å². The molecule has 0 N–H and O–H groups in total. The Kier molecular flexibility index (Phi) is 4.37. The molecular weight excluding hydrogens is 326 g/mol. The number of rotatable bonds is 3. The molecule has 2 aromatic rings. The smallest absolute Gasteiger partial charge is 0.230 e. The number of likely N-dealkylation sites (tertiary alicyclic amines) is 1. The van der Waals surface area contributed by atoms with Crippen LogP contribution in [-0.4, -0.2) is 46.7 Å². The van der Waals surface area contributed by atoms with E-state index in [1.165, 1.54) is 0 Å².